The maximum absolute atomic E-state index is 5.60. The van der Waals surface area contributed by atoms with Gasteiger partial charge in [0, 0.05) is 51.4 Å². The molecule has 33 heavy (non-hydrogen) atoms. The molecule has 2 aromatic carbocycles. The Morgan fingerprint density at radius 1 is 0.727 bits per heavy atom. The van der Waals surface area contributed by atoms with E-state index in [1.807, 2.05) is 0 Å². The topological polar surface area (TPSA) is 22.2 Å². The Hall–Kier alpha value is -2.08. The molecule has 3 fully saturated rings. The van der Waals surface area contributed by atoms with E-state index in [0.29, 0.717) is 0 Å². The Labute approximate surface area is 199 Å². The average molecular weight is 449 g/mol. The first-order valence-corrected chi connectivity index (χ1v) is 12.9. The molecule has 0 radical (unpaired) electrons. The predicted octanol–water partition coefficient (Wildman–Crippen LogP) is 3.95. The molecule has 0 bridgehead atoms. The number of nitrogens with zero attached hydrogens (tertiary/aromatic N) is 4. The number of likely N-dealkylation sites (tertiary alicyclic amines) is 2. The third-order valence-corrected chi connectivity index (χ3v) is 8.01. The van der Waals surface area contributed by atoms with Crippen molar-refractivity contribution in [2.24, 2.45) is 0 Å². The van der Waals surface area contributed by atoms with Gasteiger partial charge in [-0.3, -0.25) is 14.7 Å². The van der Waals surface area contributed by atoms with Crippen LogP contribution in [-0.2, 0) is 6.54 Å². The number of methoxy groups -OCH3 is 1. The smallest absolute Gasteiger partial charge is 0.142 e. The van der Waals surface area contributed by atoms with E-state index in [1.54, 1.807) is 7.11 Å². The second-order valence-electron chi connectivity index (χ2n) is 9.98. The second kappa shape index (κ2) is 10.9. The van der Waals surface area contributed by atoms with Crippen LogP contribution in [0.2, 0.25) is 0 Å². The lowest BCUT2D eigenvalue weighted by atomic mass is 9.96. The van der Waals surface area contributed by atoms with Crippen LogP contribution in [0.3, 0.4) is 0 Å². The number of anilines is 1. The maximum Gasteiger partial charge on any atom is 0.142 e. The molecule has 1 atom stereocenters. The molecule has 0 spiro atoms. The van der Waals surface area contributed by atoms with E-state index >= 15 is 0 Å². The van der Waals surface area contributed by atoms with Crippen LogP contribution in [0.5, 0.6) is 5.75 Å². The summed E-state index contributed by atoms with van der Waals surface area (Å²) in [6.07, 6.45) is 5.35. The van der Waals surface area contributed by atoms with Gasteiger partial charge in [0.1, 0.15) is 5.75 Å². The Morgan fingerprint density at radius 3 is 2.21 bits per heavy atom. The summed E-state index contributed by atoms with van der Waals surface area (Å²) in [5.41, 5.74) is 2.69. The van der Waals surface area contributed by atoms with Crippen LogP contribution in [0.25, 0.3) is 0 Å². The maximum atomic E-state index is 5.60. The Kier molecular flexibility index (Phi) is 7.50. The molecule has 0 unspecified atom stereocenters. The molecule has 5 heteroatoms. The number of benzene rings is 2. The highest BCUT2D eigenvalue weighted by atomic mass is 16.5. The fourth-order valence-corrected chi connectivity index (χ4v) is 6.12. The number of rotatable bonds is 6. The lowest BCUT2D eigenvalue weighted by molar-refractivity contribution is 0.0406. The Balaban J connectivity index is 1.10. The minimum atomic E-state index is 0.723. The van der Waals surface area contributed by atoms with Gasteiger partial charge in [-0.05, 0) is 63.0 Å². The summed E-state index contributed by atoms with van der Waals surface area (Å²) in [6.45, 7) is 10.6. The zero-order chi connectivity index (χ0) is 22.5. The van der Waals surface area contributed by atoms with Crippen molar-refractivity contribution in [2.45, 2.75) is 44.3 Å². The highest BCUT2D eigenvalue weighted by Gasteiger charge is 2.32. The average Bonchev–Trinajstić information content (AvgIpc) is 2.90. The van der Waals surface area contributed by atoms with Crippen molar-refractivity contribution in [3.8, 4) is 5.75 Å². The fourth-order valence-electron chi connectivity index (χ4n) is 6.12. The molecule has 5 rings (SSSR count). The molecular weight excluding hydrogens is 408 g/mol. The van der Waals surface area contributed by atoms with Crippen LogP contribution >= 0.6 is 0 Å². The number of ether oxygens (including phenoxy) is 1. The van der Waals surface area contributed by atoms with Gasteiger partial charge in [0.25, 0.3) is 0 Å². The minimum Gasteiger partial charge on any atom is -0.495 e. The molecule has 3 aliphatic rings. The minimum absolute atomic E-state index is 0.723. The van der Waals surface area contributed by atoms with E-state index in [4.69, 9.17) is 4.74 Å². The molecule has 5 nitrogen and oxygen atoms in total. The summed E-state index contributed by atoms with van der Waals surface area (Å²) in [7, 11) is 1.78. The van der Waals surface area contributed by atoms with Gasteiger partial charge in [-0.1, -0.05) is 42.5 Å². The molecule has 0 N–H and O–H groups in total. The van der Waals surface area contributed by atoms with Gasteiger partial charge in [-0.15, -0.1) is 0 Å². The number of piperazine rings is 1. The third kappa shape index (κ3) is 5.53. The van der Waals surface area contributed by atoms with Gasteiger partial charge in [0.05, 0.1) is 12.8 Å². The predicted molar refractivity (Wildman–Crippen MR) is 136 cm³/mol. The summed E-state index contributed by atoms with van der Waals surface area (Å²) in [6, 6.07) is 20.9. The van der Waals surface area contributed by atoms with Crippen LogP contribution in [0.1, 0.15) is 31.2 Å². The first kappa shape index (κ1) is 22.7. The first-order valence-electron chi connectivity index (χ1n) is 12.9. The molecule has 178 valence electrons. The van der Waals surface area contributed by atoms with Gasteiger partial charge in [0.2, 0.25) is 0 Å². The zero-order valence-corrected chi connectivity index (χ0v) is 20.2. The van der Waals surface area contributed by atoms with Crippen LogP contribution < -0.4 is 9.64 Å². The third-order valence-electron chi connectivity index (χ3n) is 8.01. The van der Waals surface area contributed by atoms with E-state index in [1.165, 1.54) is 63.1 Å². The number of hydrogen-bond acceptors (Lipinski definition) is 5. The summed E-state index contributed by atoms with van der Waals surface area (Å²) < 4.78 is 5.60. The van der Waals surface area contributed by atoms with Crippen LogP contribution in [0.15, 0.2) is 54.6 Å². The van der Waals surface area contributed by atoms with Crippen molar-refractivity contribution in [3.05, 3.63) is 60.2 Å². The van der Waals surface area contributed by atoms with Crippen molar-refractivity contribution >= 4 is 5.69 Å². The molecule has 0 saturated carbocycles. The van der Waals surface area contributed by atoms with Crippen molar-refractivity contribution in [1.29, 1.82) is 0 Å². The fraction of sp³-hybridized carbons (Fsp3) is 0.571. The number of piperidine rings is 2. The monoisotopic (exact) mass is 448 g/mol. The summed E-state index contributed by atoms with van der Waals surface area (Å²) >= 11 is 0. The first-order chi connectivity index (χ1) is 16.3. The molecule has 2 aromatic rings. The van der Waals surface area contributed by atoms with Gasteiger partial charge in [-0.25, -0.2) is 0 Å². The highest BCUT2D eigenvalue weighted by molar-refractivity contribution is 5.58. The van der Waals surface area contributed by atoms with E-state index in [-0.39, 0.29) is 0 Å². The summed E-state index contributed by atoms with van der Waals surface area (Å²) in [4.78, 5) is 10.7. The van der Waals surface area contributed by atoms with Gasteiger partial charge in [-0.2, -0.15) is 0 Å². The second-order valence-corrected chi connectivity index (χ2v) is 9.98. The largest absolute Gasteiger partial charge is 0.495 e. The Morgan fingerprint density at radius 2 is 1.45 bits per heavy atom. The Bertz CT molecular complexity index is 859. The molecule has 3 saturated heterocycles. The molecule has 0 aliphatic carbocycles. The van der Waals surface area contributed by atoms with E-state index in [2.05, 4.69) is 74.2 Å². The number of hydrogen-bond donors (Lipinski definition) is 0. The van der Waals surface area contributed by atoms with Crippen LogP contribution in [0.4, 0.5) is 5.69 Å². The normalized spacial score (nSPS) is 24.2. The molecule has 3 aliphatic heterocycles. The molecule has 0 aromatic heterocycles. The molecular formula is C28H40N4O. The van der Waals surface area contributed by atoms with Crippen molar-refractivity contribution in [2.75, 3.05) is 64.4 Å². The summed E-state index contributed by atoms with van der Waals surface area (Å²) in [5.74, 6) is 0.994. The molecule has 3 heterocycles. The summed E-state index contributed by atoms with van der Waals surface area (Å²) in [5, 5.41) is 0. The van der Waals surface area contributed by atoms with Gasteiger partial charge in [0.15, 0.2) is 0 Å². The van der Waals surface area contributed by atoms with Crippen molar-refractivity contribution in [3.63, 3.8) is 0 Å². The SMILES string of the molecule is COc1ccccc1N1CCN([C@@H]2CCCN(C3CCN(Cc4ccccc4)CC3)C2)CC1. The van der Waals surface area contributed by atoms with Gasteiger partial charge < -0.3 is 9.64 Å². The van der Waals surface area contributed by atoms with Crippen molar-refractivity contribution < 1.29 is 4.74 Å². The van der Waals surface area contributed by atoms with Crippen molar-refractivity contribution in [1.82, 2.24) is 14.7 Å². The standard InChI is InChI=1S/C28H40N4O/c1-33-28-12-6-5-11-27(28)31-20-18-30(19-21-31)26-10-7-15-32(23-26)25-13-16-29(17-14-25)22-24-8-3-2-4-9-24/h2-6,8-9,11-12,25-26H,7,10,13-23H2,1H3/t26-/m1/s1. The van der Waals surface area contributed by atoms with E-state index in [9.17, 15) is 0 Å². The number of para-hydroxylation sites is 2. The zero-order valence-electron chi connectivity index (χ0n) is 20.2. The lowest BCUT2D eigenvalue weighted by Gasteiger charge is -2.47. The lowest BCUT2D eigenvalue weighted by Crippen LogP contribution is -2.57. The van der Waals surface area contributed by atoms with Gasteiger partial charge >= 0.3 is 0 Å². The quantitative estimate of drug-likeness (QED) is 0.666. The van der Waals surface area contributed by atoms with E-state index < -0.39 is 0 Å². The molecule has 0 amide bonds. The van der Waals surface area contributed by atoms with Crippen LogP contribution in [-0.4, -0.2) is 86.3 Å². The highest BCUT2D eigenvalue weighted by Crippen LogP contribution is 2.30. The van der Waals surface area contributed by atoms with Crippen LogP contribution in [0, 0.1) is 0 Å². The van der Waals surface area contributed by atoms with E-state index in [0.717, 1.165) is 50.6 Å².